The molecule has 2 heterocycles. The molecule has 0 bridgehead atoms. The third-order valence-electron chi connectivity index (χ3n) is 2.29. The van der Waals surface area contributed by atoms with E-state index in [0.29, 0.717) is 5.82 Å². The molecular weight excluding hydrogens is 202 g/mol. The first-order chi connectivity index (χ1) is 7.90. The molecule has 2 aromatic heterocycles. The van der Waals surface area contributed by atoms with Crippen molar-refractivity contribution >= 4 is 0 Å². The maximum atomic E-state index is 5.51. The molecule has 0 saturated carbocycles. The van der Waals surface area contributed by atoms with Crippen molar-refractivity contribution in [2.45, 2.75) is 12.5 Å². The largest absolute Gasteiger partial charge is 0.271 e. The lowest BCUT2D eigenvalue weighted by Gasteiger charge is -2.13. The number of nitrogens with two attached hydrogens (primary N) is 1. The summed E-state index contributed by atoms with van der Waals surface area (Å²) in [5, 5.41) is 0. The van der Waals surface area contributed by atoms with Gasteiger partial charge in [-0.2, -0.15) is 0 Å². The van der Waals surface area contributed by atoms with Crippen LogP contribution in [-0.2, 0) is 6.42 Å². The fraction of sp³-hybridized carbons (Fsp3) is 0.182. The van der Waals surface area contributed by atoms with Crippen LogP contribution in [0.3, 0.4) is 0 Å². The molecule has 0 aliphatic heterocycles. The molecule has 5 nitrogen and oxygen atoms in total. The third kappa shape index (κ3) is 2.59. The summed E-state index contributed by atoms with van der Waals surface area (Å²) in [6.45, 7) is 0. The summed E-state index contributed by atoms with van der Waals surface area (Å²) in [7, 11) is 0. The molecule has 0 aliphatic rings. The summed E-state index contributed by atoms with van der Waals surface area (Å²) >= 11 is 0. The molecule has 16 heavy (non-hydrogen) atoms. The molecule has 0 aliphatic carbocycles. The first-order valence-electron chi connectivity index (χ1n) is 5.02. The maximum absolute atomic E-state index is 5.51. The van der Waals surface area contributed by atoms with Gasteiger partial charge in [-0.05, 0) is 30.2 Å². The lowest BCUT2D eigenvalue weighted by Crippen LogP contribution is -2.30. The zero-order valence-electron chi connectivity index (χ0n) is 8.74. The van der Waals surface area contributed by atoms with Crippen molar-refractivity contribution < 1.29 is 0 Å². The van der Waals surface area contributed by atoms with Gasteiger partial charge in [0.25, 0.3) is 0 Å². The Labute approximate surface area is 93.7 Å². The Bertz CT molecular complexity index is 417. The molecular formula is C11H13N5. The van der Waals surface area contributed by atoms with Gasteiger partial charge < -0.3 is 0 Å². The van der Waals surface area contributed by atoms with Crippen LogP contribution >= 0.6 is 0 Å². The van der Waals surface area contributed by atoms with Crippen molar-refractivity contribution in [1.82, 2.24) is 20.4 Å². The molecule has 0 amide bonds. The summed E-state index contributed by atoms with van der Waals surface area (Å²) in [5.74, 6) is 6.20. The van der Waals surface area contributed by atoms with Gasteiger partial charge in [0.2, 0.25) is 0 Å². The third-order valence-corrected chi connectivity index (χ3v) is 2.29. The van der Waals surface area contributed by atoms with Gasteiger partial charge in [-0.3, -0.25) is 10.8 Å². The van der Waals surface area contributed by atoms with E-state index in [1.165, 1.54) is 0 Å². The van der Waals surface area contributed by atoms with E-state index in [-0.39, 0.29) is 6.04 Å². The van der Waals surface area contributed by atoms with Gasteiger partial charge in [0.1, 0.15) is 5.82 Å². The summed E-state index contributed by atoms with van der Waals surface area (Å²) in [5.41, 5.74) is 3.87. The van der Waals surface area contributed by atoms with Gasteiger partial charge >= 0.3 is 0 Å². The fourth-order valence-corrected chi connectivity index (χ4v) is 1.47. The van der Waals surface area contributed by atoms with E-state index in [4.69, 9.17) is 5.84 Å². The van der Waals surface area contributed by atoms with E-state index in [0.717, 1.165) is 12.0 Å². The summed E-state index contributed by atoms with van der Waals surface area (Å²) < 4.78 is 0. The number of nitrogens with one attached hydrogen (secondary N) is 1. The quantitative estimate of drug-likeness (QED) is 0.577. The second-order valence-corrected chi connectivity index (χ2v) is 3.39. The number of hydrazine groups is 1. The van der Waals surface area contributed by atoms with Crippen LogP contribution in [0.1, 0.15) is 17.4 Å². The molecule has 0 fully saturated rings. The highest BCUT2D eigenvalue weighted by Gasteiger charge is 2.12. The molecule has 0 radical (unpaired) electrons. The van der Waals surface area contributed by atoms with Crippen molar-refractivity contribution in [1.29, 1.82) is 0 Å². The van der Waals surface area contributed by atoms with Gasteiger partial charge in [-0.15, -0.1) is 0 Å². The number of aromatic nitrogens is 3. The maximum Gasteiger partial charge on any atom is 0.146 e. The minimum absolute atomic E-state index is 0.0800. The van der Waals surface area contributed by atoms with Crippen LogP contribution in [0.5, 0.6) is 0 Å². The molecule has 1 unspecified atom stereocenters. The highest BCUT2D eigenvalue weighted by molar-refractivity contribution is 5.13. The molecule has 82 valence electrons. The van der Waals surface area contributed by atoms with Crippen molar-refractivity contribution in [2.75, 3.05) is 0 Å². The van der Waals surface area contributed by atoms with Crippen molar-refractivity contribution in [3.05, 3.63) is 54.4 Å². The van der Waals surface area contributed by atoms with E-state index >= 15 is 0 Å². The minimum Gasteiger partial charge on any atom is -0.271 e. The van der Waals surface area contributed by atoms with E-state index in [9.17, 15) is 0 Å². The van der Waals surface area contributed by atoms with Gasteiger partial charge in [-0.25, -0.2) is 15.4 Å². The Kier molecular flexibility index (Phi) is 3.53. The van der Waals surface area contributed by atoms with Crippen LogP contribution in [0.4, 0.5) is 0 Å². The monoisotopic (exact) mass is 215 g/mol. The Balaban J connectivity index is 2.13. The Morgan fingerprint density at radius 2 is 1.81 bits per heavy atom. The van der Waals surface area contributed by atoms with Gasteiger partial charge in [0, 0.05) is 24.8 Å². The Morgan fingerprint density at radius 1 is 1.12 bits per heavy atom. The Morgan fingerprint density at radius 3 is 2.44 bits per heavy atom. The van der Waals surface area contributed by atoms with Crippen LogP contribution in [0.2, 0.25) is 0 Å². The highest BCUT2D eigenvalue weighted by atomic mass is 15.2. The predicted octanol–water partition coefficient (Wildman–Crippen LogP) is 0.619. The van der Waals surface area contributed by atoms with Crippen LogP contribution in [0.25, 0.3) is 0 Å². The average Bonchev–Trinajstić information content (AvgIpc) is 2.38. The van der Waals surface area contributed by atoms with Crippen LogP contribution in [0.15, 0.2) is 43.0 Å². The van der Waals surface area contributed by atoms with Gasteiger partial charge in [0.05, 0.1) is 6.04 Å². The van der Waals surface area contributed by atoms with E-state index < -0.39 is 0 Å². The highest BCUT2D eigenvalue weighted by Crippen LogP contribution is 2.12. The summed E-state index contributed by atoms with van der Waals surface area (Å²) in [4.78, 5) is 12.3. The van der Waals surface area contributed by atoms with Crippen molar-refractivity contribution in [2.24, 2.45) is 5.84 Å². The molecule has 5 heteroatoms. The van der Waals surface area contributed by atoms with Crippen LogP contribution in [0, 0.1) is 0 Å². The zero-order chi connectivity index (χ0) is 11.2. The zero-order valence-corrected chi connectivity index (χ0v) is 8.74. The normalized spacial score (nSPS) is 12.3. The number of hydrogen-bond donors (Lipinski definition) is 2. The van der Waals surface area contributed by atoms with Crippen LogP contribution < -0.4 is 11.3 Å². The molecule has 0 saturated heterocycles. The molecule has 2 aromatic rings. The standard InChI is InChI=1S/C11H13N5/c12-16-10(11-14-4-1-5-15-11)8-9-2-6-13-7-3-9/h1-7,10,16H,8,12H2. The topological polar surface area (TPSA) is 76.7 Å². The number of nitrogens with zero attached hydrogens (tertiary/aromatic N) is 3. The van der Waals surface area contributed by atoms with Gasteiger partial charge in [0.15, 0.2) is 0 Å². The number of rotatable bonds is 4. The molecule has 3 N–H and O–H groups in total. The first-order valence-corrected chi connectivity index (χ1v) is 5.02. The fourth-order valence-electron chi connectivity index (χ4n) is 1.47. The SMILES string of the molecule is NNC(Cc1ccncc1)c1ncccn1. The smallest absolute Gasteiger partial charge is 0.146 e. The molecule has 2 rings (SSSR count). The predicted molar refractivity (Wildman–Crippen MR) is 60.0 cm³/mol. The van der Waals surface area contributed by atoms with Crippen molar-refractivity contribution in [3.8, 4) is 0 Å². The molecule has 0 aromatic carbocycles. The minimum atomic E-state index is -0.0800. The lowest BCUT2D eigenvalue weighted by atomic mass is 10.1. The molecule has 1 atom stereocenters. The van der Waals surface area contributed by atoms with Crippen LogP contribution in [-0.4, -0.2) is 15.0 Å². The number of pyridine rings is 1. The second-order valence-electron chi connectivity index (χ2n) is 3.39. The lowest BCUT2D eigenvalue weighted by molar-refractivity contribution is 0.522. The van der Waals surface area contributed by atoms with E-state index in [1.807, 2.05) is 12.1 Å². The first kappa shape index (κ1) is 10.7. The summed E-state index contributed by atoms with van der Waals surface area (Å²) in [6.07, 6.45) is 7.67. The van der Waals surface area contributed by atoms with Crippen molar-refractivity contribution in [3.63, 3.8) is 0 Å². The second kappa shape index (κ2) is 5.29. The van der Waals surface area contributed by atoms with Gasteiger partial charge in [-0.1, -0.05) is 0 Å². The van der Waals surface area contributed by atoms with E-state index in [2.05, 4.69) is 20.4 Å². The molecule has 0 spiro atoms. The Hall–Kier alpha value is -1.85. The van der Waals surface area contributed by atoms with E-state index in [1.54, 1.807) is 30.9 Å². The summed E-state index contributed by atoms with van der Waals surface area (Å²) in [6, 6.07) is 5.60. The number of hydrogen-bond acceptors (Lipinski definition) is 5. The average molecular weight is 215 g/mol.